The lowest BCUT2D eigenvalue weighted by Crippen LogP contribution is -2.19. The van der Waals surface area contributed by atoms with Crippen LogP contribution in [0.15, 0.2) is 28.0 Å². The average Bonchev–Trinajstić information content (AvgIpc) is 2.85. The number of hydrogen-bond acceptors (Lipinski definition) is 6. The van der Waals surface area contributed by atoms with Crippen LogP contribution in [0.4, 0.5) is 0 Å². The van der Waals surface area contributed by atoms with Gasteiger partial charge in [-0.25, -0.2) is 9.97 Å². The molecule has 0 fully saturated rings. The molecule has 2 heterocycles. The highest BCUT2D eigenvalue weighted by Gasteiger charge is 2.06. The fourth-order valence-corrected chi connectivity index (χ4v) is 3.00. The predicted octanol–water partition coefficient (Wildman–Crippen LogP) is 3.14. The first-order valence-corrected chi connectivity index (χ1v) is 7.85. The molecular weight excluding hydrogens is 276 g/mol. The third-order valence-electron chi connectivity index (χ3n) is 2.49. The van der Waals surface area contributed by atoms with Gasteiger partial charge < -0.3 is 5.32 Å². The topological polar surface area (TPSA) is 50.7 Å². The highest BCUT2D eigenvalue weighted by molar-refractivity contribution is 8.00. The van der Waals surface area contributed by atoms with E-state index < -0.39 is 0 Å². The van der Waals surface area contributed by atoms with Gasteiger partial charge in [-0.05, 0) is 53.8 Å². The van der Waals surface area contributed by atoms with E-state index in [4.69, 9.17) is 0 Å². The molecule has 1 N–H and O–H groups in total. The van der Waals surface area contributed by atoms with E-state index >= 15 is 0 Å². The van der Waals surface area contributed by atoms with Crippen LogP contribution in [0.25, 0.3) is 0 Å². The standard InChI is InChI=1S/C13H18N4S2/c1-9(2)5-14-6-11-4-10(3)12(15-7-11)18-13-16-8-17-19-13/h4,7-9,14H,5-6H2,1-3H3. The summed E-state index contributed by atoms with van der Waals surface area (Å²) in [6.45, 7) is 8.40. The molecule has 0 aliphatic rings. The number of hydrogen-bond donors (Lipinski definition) is 1. The monoisotopic (exact) mass is 294 g/mol. The minimum Gasteiger partial charge on any atom is -0.312 e. The summed E-state index contributed by atoms with van der Waals surface area (Å²) in [6, 6.07) is 2.18. The van der Waals surface area contributed by atoms with Crippen molar-refractivity contribution in [3.05, 3.63) is 29.7 Å². The molecule has 0 amide bonds. The lowest BCUT2D eigenvalue weighted by atomic mass is 10.2. The van der Waals surface area contributed by atoms with Crippen molar-refractivity contribution in [3.63, 3.8) is 0 Å². The fourth-order valence-electron chi connectivity index (χ4n) is 1.62. The van der Waals surface area contributed by atoms with Crippen LogP contribution in [0.3, 0.4) is 0 Å². The van der Waals surface area contributed by atoms with Crippen molar-refractivity contribution >= 4 is 23.3 Å². The van der Waals surface area contributed by atoms with Crippen molar-refractivity contribution in [2.45, 2.75) is 36.7 Å². The Balaban J connectivity index is 1.97. The molecule has 0 saturated carbocycles. The summed E-state index contributed by atoms with van der Waals surface area (Å²) in [7, 11) is 0. The van der Waals surface area contributed by atoms with Gasteiger partial charge in [-0.15, -0.1) is 0 Å². The second kappa shape index (κ2) is 6.98. The molecule has 0 aliphatic heterocycles. The molecule has 19 heavy (non-hydrogen) atoms. The predicted molar refractivity (Wildman–Crippen MR) is 79.6 cm³/mol. The fraction of sp³-hybridized carbons (Fsp3) is 0.462. The van der Waals surface area contributed by atoms with Crippen LogP contribution in [0.5, 0.6) is 0 Å². The maximum atomic E-state index is 4.51. The number of aromatic nitrogens is 3. The highest BCUT2D eigenvalue weighted by Crippen LogP contribution is 2.29. The van der Waals surface area contributed by atoms with E-state index in [0.717, 1.165) is 22.5 Å². The largest absolute Gasteiger partial charge is 0.312 e. The quantitative estimate of drug-likeness (QED) is 0.887. The average molecular weight is 294 g/mol. The van der Waals surface area contributed by atoms with Crippen molar-refractivity contribution in [3.8, 4) is 0 Å². The Morgan fingerprint density at radius 3 is 2.84 bits per heavy atom. The van der Waals surface area contributed by atoms with Crippen LogP contribution < -0.4 is 5.32 Å². The summed E-state index contributed by atoms with van der Waals surface area (Å²) < 4.78 is 4.93. The van der Waals surface area contributed by atoms with Crippen LogP contribution in [0.2, 0.25) is 0 Å². The van der Waals surface area contributed by atoms with Gasteiger partial charge in [0.15, 0.2) is 4.34 Å². The van der Waals surface area contributed by atoms with Gasteiger partial charge in [-0.1, -0.05) is 19.9 Å². The summed E-state index contributed by atoms with van der Waals surface area (Å²) in [5.74, 6) is 0.668. The van der Waals surface area contributed by atoms with Crippen molar-refractivity contribution in [1.29, 1.82) is 0 Å². The third-order valence-corrected chi connectivity index (χ3v) is 4.33. The van der Waals surface area contributed by atoms with Gasteiger partial charge in [0.25, 0.3) is 0 Å². The van der Waals surface area contributed by atoms with Crippen LogP contribution in [-0.2, 0) is 6.54 Å². The number of aryl methyl sites for hydroxylation is 1. The van der Waals surface area contributed by atoms with Gasteiger partial charge in [0.2, 0.25) is 0 Å². The molecular formula is C13H18N4S2. The Morgan fingerprint density at radius 2 is 2.21 bits per heavy atom. The Morgan fingerprint density at radius 1 is 1.37 bits per heavy atom. The first-order valence-electron chi connectivity index (χ1n) is 6.26. The molecule has 102 valence electrons. The van der Waals surface area contributed by atoms with E-state index in [9.17, 15) is 0 Å². The van der Waals surface area contributed by atoms with Crippen LogP contribution in [0.1, 0.15) is 25.0 Å². The number of pyridine rings is 1. The van der Waals surface area contributed by atoms with Crippen molar-refractivity contribution < 1.29 is 0 Å². The summed E-state index contributed by atoms with van der Waals surface area (Å²) in [5.41, 5.74) is 2.41. The minimum absolute atomic E-state index is 0.668. The molecule has 0 aromatic carbocycles. The summed E-state index contributed by atoms with van der Waals surface area (Å²) in [5, 5.41) is 4.43. The van der Waals surface area contributed by atoms with Gasteiger partial charge in [0.1, 0.15) is 11.4 Å². The maximum Gasteiger partial charge on any atom is 0.176 e. The van der Waals surface area contributed by atoms with Crippen LogP contribution >= 0.6 is 23.3 Å². The van der Waals surface area contributed by atoms with Crippen LogP contribution in [-0.4, -0.2) is 20.9 Å². The van der Waals surface area contributed by atoms with Crippen molar-refractivity contribution in [1.82, 2.24) is 19.7 Å². The summed E-state index contributed by atoms with van der Waals surface area (Å²) in [4.78, 5) is 8.67. The molecule has 0 spiro atoms. The maximum absolute atomic E-state index is 4.51. The lowest BCUT2D eigenvalue weighted by molar-refractivity contribution is 0.551. The van der Waals surface area contributed by atoms with Gasteiger partial charge in [0.05, 0.1) is 0 Å². The Labute approximate surface area is 122 Å². The smallest absolute Gasteiger partial charge is 0.176 e. The molecule has 0 bridgehead atoms. The lowest BCUT2D eigenvalue weighted by Gasteiger charge is -2.09. The van der Waals surface area contributed by atoms with Gasteiger partial charge in [0, 0.05) is 12.7 Å². The second-order valence-corrected chi connectivity index (χ2v) is 6.82. The second-order valence-electron chi connectivity index (χ2n) is 4.80. The van der Waals surface area contributed by atoms with Crippen molar-refractivity contribution in [2.75, 3.05) is 6.54 Å². The van der Waals surface area contributed by atoms with Gasteiger partial charge in [-0.2, -0.15) is 4.37 Å². The molecule has 0 saturated heterocycles. The molecule has 0 atom stereocenters. The molecule has 0 unspecified atom stereocenters. The van der Waals surface area contributed by atoms with E-state index in [1.165, 1.54) is 22.7 Å². The normalized spacial score (nSPS) is 11.2. The zero-order chi connectivity index (χ0) is 13.7. The Hall–Kier alpha value is -0.980. The van der Waals surface area contributed by atoms with E-state index in [0.29, 0.717) is 5.92 Å². The molecule has 0 radical (unpaired) electrons. The third kappa shape index (κ3) is 4.56. The molecule has 0 aliphatic carbocycles. The summed E-state index contributed by atoms with van der Waals surface area (Å²) in [6.07, 6.45) is 3.51. The first kappa shape index (κ1) is 14.4. The van der Waals surface area contributed by atoms with Gasteiger partial charge in [-0.3, -0.25) is 0 Å². The minimum atomic E-state index is 0.668. The number of nitrogens with one attached hydrogen (secondary N) is 1. The van der Waals surface area contributed by atoms with E-state index in [-0.39, 0.29) is 0 Å². The number of rotatable bonds is 6. The van der Waals surface area contributed by atoms with Crippen molar-refractivity contribution in [2.24, 2.45) is 5.92 Å². The zero-order valence-corrected chi connectivity index (χ0v) is 13.0. The Kier molecular flexibility index (Phi) is 5.30. The van der Waals surface area contributed by atoms with Gasteiger partial charge >= 0.3 is 0 Å². The molecule has 2 aromatic rings. The highest BCUT2D eigenvalue weighted by atomic mass is 32.2. The van der Waals surface area contributed by atoms with E-state index in [1.807, 2.05) is 6.20 Å². The summed E-state index contributed by atoms with van der Waals surface area (Å²) >= 11 is 2.97. The SMILES string of the molecule is Cc1cc(CNCC(C)C)cnc1Sc1ncns1. The Bertz CT molecular complexity index is 511. The number of nitrogens with zero attached hydrogens (tertiary/aromatic N) is 3. The molecule has 4 nitrogen and oxygen atoms in total. The van der Waals surface area contributed by atoms with E-state index in [2.05, 4.69) is 46.5 Å². The zero-order valence-electron chi connectivity index (χ0n) is 11.4. The van der Waals surface area contributed by atoms with Crippen LogP contribution in [0, 0.1) is 12.8 Å². The molecule has 2 aromatic heterocycles. The molecule has 6 heteroatoms. The molecule has 2 rings (SSSR count). The first-order chi connectivity index (χ1) is 9.15. The van der Waals surface area contributed by atoms with E-state index in [1.54, 1.807) is 18.1 Å².